The second-order valence-electron chi connectivity index (χ2n) is 4.37. The van der Waals surface area contributed by atoms with Crippen LogP contribution < -0.4 is 5.30 Å². The van der Waals surface area contributed by atoms with Crippen molar-refractivity contribution in [3.8, 4) is 0 Å². The molecule has 78 valence electrons. The Kier molecular flexibility index (Phi) is 2.98. The van der Waals surface area contributed by atoms with E-state index in [1.54, 1.807) is 24.3 Å². The maximum absolute atomic E-state index is 9.00. The summed E-state index contributed by atoms with van der Waals surface area (Å²) in [6, 6.07) is 6.70. The molecule has 0 aromatic heterocycles. The zero-order valence-electron chi connectivity index (χ0n) is 8.60. The average Bonchev–Trinajstić information content (AvgIpc) is 2.01. The lowest BCUT2D eigenvalue weighted by Crippen LogP contribution is -2.14. The molecule has 0 amide bonds. The molecule has 0 saturated carbocycles. The largest absolute Gasteiger partial charge is 0.440 e. The first kappa shape index (κ1) is 11.6. The molecule has 0 spiro atoms. The minimum absolute atomic E-state index is 0.0278. The maximum Gasteiger partial charge on any atom is 0.440 e. The van der Waals surface area contributed by atoms with Gasteiger partial charge in [-0.3, -0.25) is 0 Å². The lowest BCUT2D eigenvalue weighted by atomic mass is 9.87. The molecule has 3 N–H and O–H groups in total. The van der Waals surface area contributed by atoms with Crippen LogP contribution in [-0.4, -0.2) is 14.7 Å². The van der Waals surface area contributed by atoms with Gasteiger partial charge in [0.2, 0.25) is 0 Å². The molecule has 0 fully saturated rings. The normalized spacial score (nSPS) is 13.0. The van der Waals surface area contributed by atoms with Crippen molar-refractivity contribution in [3.63, 3.8) is 0 Å². The van der Waals surface area contributed by atoms with Crippen LogP contribution in [0.25, 0.3) is 0 Å². The van der Waals surface area contributed by atoms with Crippen LogP contribution in [0.3, 0.4) is 0 Å². The van der Waals surface area contributed by atoms with Crippen LogP contribution in [0.1, 0.15) is 26.3 Å². The molecule has 0 bridgehead atoms. The van der Waals surface area contributed by atoms with Gasteiger partial charge in [0, 0.05) is 0 Å². The Labute approximate surface area is 84.6 Å². The SMILES string of the molecule is CC(C)(C)c1ccc([P+](O)(O)O)cc1. The van der Waals surface area contributed by atoms with Crippen molar-refractivity contribution < 1.29 is 14.7 Å². The van der Waals surface area contributed by atoms with Gasteiger partial charge in [-0.05, 0) is 23.1 Å². The molecule has 0 saturated heterocycles. The first-order valence-electron chi connectivity index (χ1n) is 4.39. The lowest BCUT2D eigenvalue weighted by molar-refractivity contribution is 0.347. The third-order valence-electron chi connectivity index (χ3n) is 2.08. The van der Waals surface area contributed by atoms with E-state index in [-0.39, 0.29) is 10.7 Å². The lowest BCUT2D eigenvalue weighted by Gasteiger charge is -2.18. The van der Waals surface area contributed by atoms with E-state index in [1.807, 2.05) is 0 Å². The van der Waals surface area contributed by atoms with Gasteiger partial charge in [0.25, 0.3) is 0 Å². The molecule has 0 unspecified atom stereocenters. The van der Waals surface area contributed by atoms with Gasteiger partial charge in [-0.15, -0.1) is 0 Å². The molecule has 0 aliphatic carbocycles. The zero-order chi connectivity index (χ0) is 11.0. The van der Waals surface area contributed by atoms with Crippen LogP contribution in [0.2, 0.25) is 0 Å². The Morgan fingerprint density at radius 1 is 0.929 bits per heavy atom. The van der Waals surface area contributed by atoms with Gasteiger partial charge in [-0.25, -0.2) is 0 Å². The number of benzene rings is 1. The summed E-state index contributed by atoms with van der Waals surface area (Å²) in [6.07, 6.45) is 0. The molecule has 0 aliphatic rings. The van der Waals surface area contributed by atoms with Crippen molar-refractivity contribution in [1.82, 2.24) is 0 Å². The Morgan fingerprint density at radius 2 is 1.36 bits per heavy atom. The summed E-state index contributed by atoms with van der Waals surface area (Å²) in [5, 5.41) is 0.186. The summed E-state index contributed by atoms with van der Waals surface area (Å²) < 4.78 is 0. The topological polar surface area (TPSA) is 60.7 Å². The molecule has 1 rings (SSSR count). The number of hydrogen-bond donors (Lipinski definition) is 3. The van der Waals surface area contributed by atoms with Crippen LogP contribution in [0.15, 0.2) is 24.3 Å². The summed E-state index contributed by atoms with van der Waals surface area (Å²) in [6.45, 7) is 6.21. The van der Waals surface area contributed by atoms with Gasteiger partial charge in [-0.2, -0.15) is 14.7 Å². The molecule has 4 heteroatoms. The van der Waals surface area contributed by atoms with Crippen LogP contribution in [0.5, 0.6) is 0 Å². The average molecular weight is 215 g/mol. The summed E-state index contributed by atoms with van der Waals surface area (Å²) in [5.74, 6) is 0. The van der Waals surface area contributed by atoms with E-state index < -0.39 is 7.94 Å². The van der Waals surface area contributed by atoms with Crippen molar-refractivity contribution >= 4 is 13.2 Å². The van der Waals surface area contributed by atoms with E-state index in [1.165, 1.54) is 0 Å². The van der Waals surface area contributed by atoms with Gasteiger partial charge in [-0.1, -0.05) is 32.9 Å². The Balaban J connectivity index is 3.02. The monoisotopic (exact) mass is 215 g/mol. The summed E-state index contributed by atoms with van der Waals surface area (Å²) in [5.41, 5.74) is 1.12. The van der Waals surface area contributed by atoms with Gasteiger partial charge in [0.05, 0.1) is 0 Å². The van der Waals surface area contributed by atoms with Crippen molar-refractivity contribution in [1.29, 1.82) is 0 Å². The Hall–Kier alpha value is -0.470. The molecule has 1 aromatic carbocycles. The minimum atomic E-state index is -3.84. The highest BCUT2D eigenvalue weighted by Crippen LogP contribution is 2.43. The van der Waals surface area contributed by atoms with E-state index in [9.17, 15) is 0 Å². The summed E-state index contributed by atoms with van der Waals surface area (Å²) in [7, 11) is -3.84. The molecule has 0 radical (unpaired) electrons. The first-order chi connectivity index (χ1) is 6.21. The molecule has 14 heavy (non-hydrogen) atoms. The molecular weight excluding hydrogens is 199 g/mol. The van der Waals surface area contributed by atoms with Gasteiger partial charge >= 0.3 is 7.94 Å². The van der Waals surface area contributed by atoms with E-state index >= 15 is 0 Å². The van der Waals surface area contributed by atoms with E-state index in [4.69, 9.17) is 14.7 Å². The minimum Gasteiger partial charge on any atom is -0.189 e. The summed E-state index contributed by atoms with van der Waals surface area (Å²) in [4.78, 5) is 27.0. The van der Waals surface area contributed by atoms with E-state index in [2.05, 4.69) is 20.8 Å². The van der Waals surface area contributed by atoms with Gasteiger partial charge in [0.15, 0.2) is 5.30 Å². The summed E-state index contributed by atoms with van der Waals surface area (Å²) >= 11 is 0. The number of hydrogen-bond acceptors (Lipinski definition) is 3. The molecule has 0 aliphatic heterocycles. The molecule has 3 nitrogen and oxygen atoms in total. The predicted octanol–water partition coefficient (Wildman–Crippen LogP) is 1.35. The van der Waals surface area contributed by atoms with Crippen molar-refractivity contribution in [3.05, 3.63) is 29.8 Å². The van der Waals surface area contributed by atoms with Gasteiger partial charge in [0.1, 0.15) is 0 Å². The van der Waals surface area contributed by atoms with E-state index in [0.29, 0.717) is 0 Å². The predicted molar refractivity (Wildman–Crippen MR) is 58.4 cm³/mol. The second-order valence-corrected chi connectivity index (χ2v) is 6.02. The van der Waals surface area contributed by atoms with Crippen molar-refractivity contribution in [2.24, 2.45) is 0 Å². The van der Waals surface area contributed by atoms with Crippen molar-refractivity contribution in [2.45, 2.75) is 26.2 Å². The molecule has 0 heterocycles. The fraction of sp³-hybridized carbons (Fsp3) is 0.400. The van der Waals surface area contributed by atoms with Crippen LogP contribution in [-0.2, 0) is 5.41 Å². The highest BCUT2D eigenvalue weighted by atomic mass is 31.2. The third-order valence-corrected chi connectivity index (χ3v) is 3.07. The van der Waals surface area contributed by atoms with Crippen LogP contribution >= 0.6 is 7.94 Å². The van der Waals surface area contributed by atoms with Crippen molar-refractivity contribution in [2.75, 3.05) is 0 Å². The Morgan fingerprint density at radius 3 is 1.64 bits per heavy atom. The van der Waals surface area contributed by atoms with Gasteiger partial charge < -0.3 is 0 Å². The number of rotatable bonds is 1. The van der Waals surface area contributed by atoms with E-state index in [0.717, 1.165) is 5.56 Å². The molecule has 1 aromatic rings. The second kappa shape index (κ2) is 3.59. The molecular formula is C10H16O3P+. The highest BCUT2D eigenvalue weighted by Gasteiger charge is 2.33. The molecule has 0 atom stereocenters. The van der Waals surface area contributed by atoms with Crippen LogP contribution in [0.4, 0.5) is 0 Å². The van der Waals surface area contributed by atoms with Crippen LogP contribution in [0, 0.1) is 0 Å². The fourth-order valence-corrected chi connectivity index (χ4v) is 1.71. The quantitative estimate of drug-likeness (QED) is 0.620. The zero-order valence-corrected chi connectivity index (χ0v) is 9.49. The smallest absolute Gasteiger partial charge is 0.189 e. The third kappa shape index (κ3) is 2.76. The highest BCUT2D eigenvalue weighted by molar-refractivity contribution is 7.66. The standard InChI is InChI=1S/C10H16O3P/c1-10(2,3)8-4-6-9(7-5-8)14(11,12)13/h4-7,11-13H,1-3H3/q+1. The fourth-order valence-electron chi connectivity index (χ4n) is 1.16. The Bertz CT molecular complexity index is 273. The first-order valence-corrected chi connectivity index (χ1v) is 6.04. The maximum atomic E-state index is 9.00.